The maximum Gasteiger partial charge on any atom is 0.203 e. The summed E-state index contributed by atoms with van der Waals surface area (Å²) in [5, 5.41) is 3.39. The van der Waals surface area contributed by atoms with Crippen LogP contribution >= 0.6 is 0 Å². The van der Waals surface area contributed by atoms with Crippen LogP contribution in [-0.2, 0) is 6.54 Å². The maximum absolute atomic E-state index is 4.47. The number of aromatic nitrogens is 3. The molecule has 0 saturated heterocycles. The monoisotopic (exact) mass is 230 g/mol. The van der Waals surface area contributed by atoms with Crippen LogP contribution in [-0.4, -0.2) is 14.5 Å². The van der Waals surface area contributed by atoms with Crippen molar-refractivity contribution in [1.82, 2.24) is 14.5 Å². The van der Waals surface area contributed by atoms with Gasteiger partial charge in [0.25, 0.3) is 0 Å². The molecule has 0 spiro atoms. The second-order valence-corrected chi connectivity index (χ2v) is 4.11. The number of rotatable bonds is 4. The average Bonchev–Trinajstić information content (AvgIpc) is 2.70. The average molecular weight is 230 g/mol. The molecule has 0 radical (unpaired) electrons. The van der Waals surface area contributed by atoms with Crippen LogP contribution in [0.4, 0.5) is 5.95 Å². The molecule has 0 aliphatic rings. The van der Waals surface area contributed by atoms with Gasteiger partial charge < -0.3 is 9.88 Å². The number of pyridine rings is 1. The molecule has 1 atom stereocenters. The molecule has 0 aliphatic carbocycles. The predicted octanol–water partition coefficient (Wildman–Crippen LogP) is 2.78. The lowest BCUT2D eigenvalue weighted by atomic mass is 10.2. The summed E-state index contributed by atoms with van der Waals surface area (Å²) in [6, 6.07) is 6.10. The molecule has 0 bridgehead atoms. The van der Waals surface area contributed by atoms with E-state index < -0.39 is 0 Å². The third kappa shape index (κ3) is 2.64. The zero-order valence-electron chi connectivity index (χ0n) is 10.5. The van der Waals surface area contributed by atoms with Crippen LogP contribution in [0.3, 0.4) is 0 Å². The van der Waals surface area contributed by atoms with Crippen LogP contribution < -0.4 is 5.32 Å². The Kier molecular flexibility index (Phi) is 3.42. The Balaban J connectivity index is 2.15. The summed E-state index contributed by atoms with van der Waals surface area (Å²) in [5.74, 6) is 0.906. The highest BCUT2D eigenvalue weighted by atomic mass is 15.2. The molecule has 17 heavy (non-hydrogen) atoms. The Morgan fingerprint density at radius 3 is 2.88 bits per heavy atom. The van der Waals surface area contributed by atoms with Gasteiger partial charge in [-0.25, -0.2) is 4.98 Å². The van der Waals surface area contributed by atoms with Crippen molar-refractivity contribution < 1.29 is 0 Å². The van der Waals surface area contributed by atoms with Crippen molar-refractivity contribution in [3.05, 3.63) is 42.0 Å². The minimum atomic E-state index is 0.156. The summed E-state index contributed by atoms with van der Waals surface area (Å²) in [7, 11) is 0. The molecule has 0 saturated carbocycles. The Bertz CT molecular complexity index is 475. The minimum absolute atomic E-state index is 0.156. The van der Waals surface area contributed by atoms with Crippen LogP contribution in [0, 0.1) is 6.92 Å². The van der Waals surface area contributed by atoms with E-state index in [2.05, 4.69) is 33.7 Å². The molecule has 90 valence electrons. The molecule has 1 unspecified atom stereocenters. The number of anilines is 1. The van der Waals surface area contributed by atoms with Crippen molar-refractivity contribution in [3.8, 4) is 0 Å². The number of aryl methyl sites for hydroxylation is 2. The highest BCUT2D eigenvalue weighted by Crippen LogP contribution is 2.16. The topological polar surface area (TPSA) is 42.7 Å². The van der Waals surface area contributed by atoms with Crippen molar-refractivity contribution in [1.29, 1.82) is 0 Å². The van der Waals surface area contributed by atoms with Gasteiger partial charge in [0.05, 0.1) is 17.4 Å². The first-order chi connectivity index (χ1) is 8.20. The van der Waals surface area contributed by atoms with Crippen molar-refractivity contribution in [2.45, 2.75) is 33.4 Å². The Labute approximate surface area is 102 Å². The first kappa shape index (κ1) is 11.6. The van der Waals surface area contributed by atoms with Gasteiger partial charge in [-0.1, -0.05) is 6.07 Å². The Hall–Kier alpha value is -1.84. The lowest BCUT2D eigenvalue weighted by Gasteiger charge is -2.14. The molecular formula is C13H18N4. The summed E-state index contributed by atoms with van der Waals surface area (Å²) < 4.78 is 2.11. The zero-order chi connectivity index (χ0) is 12.3. The van der Waals surface area contributed by atoms with Gasteiger partial charge in [0.1, 0.15) is 0 Å². The van der Waals surface area contributed by atoms with Crippen LogP contribution in [0.5, 0.6) is 0 Å². The molecular weight excluding hydrogens is 212 g/mol. The standard InChI is InChI=1S/C13H18N4/c1-4-17-9-10(2)15-13(17)16-11(3)12-7-5-6-8-14-12/h5-9,11H,4H2,1-3H3,(H,15,16). The van der Waals surface area contributed by atoms with Crippen LogP contribution in [0.15, 0.2) is 30.6 Å². The van der Waals surface area contributed by atoms with Gasteiger partial charge in [-0.2, -0.15) is 0 Å². The number of nitrogens with zero attached hydrogens (tertiary/aromatic N) is 3. The highest BCUT2D eigenvalue weighted by Gasteiger charge is 2.10. The van der Waals surface area contributed by atoms with Gasteiger partial charge in [-0.3, -0.25) is 4.98 Å². The first-order valence-electron chi connectivity index (χ1n) is 5.92. The predicted molar refractivity (Wildman–Crippen MR) is 68.9 cm³/mol. The molecule has 0 fully saturated rings. The second-order valence-electron chi connectivity index (χ2n) is 4.11. The summed E-state index contributed by atoms with van der Waals surface area (Å²) in [6.07, 6.45) is 3.86. The molecule has 1 N–H and O–H groups in total. The fraction of sp³-hybridized carbons (Fsp3) is 0.385. The number of nitrogens with one attached hydrogen (secondary N) is 1. The smallest absolute Gasteiger partial charge is 0.203 e. The van der Waals surface area contributed by atoms with E-state index >= 15 is 0 Å². The van der Waals surface area contributed by atoms with E-state index in [1.54, 1.807) is 0 Å². The third-order valence-corrected chi connectivity index (χ3v) is 2.71. The second kappa shape index (κ2) is 4.99. The molecule has 4 nitrogen and oxygen atoms in total. The summed E-state index contributed by atoms with van der Waals surface area (Å²) in [6.45, 7) is 7.12. The van der Waals surface area contributed by atoms with Crippen LogP contribution in [0.25, 0.3) is 0 Å². The molecule has 0 aromatic carbocycles. The lowest BCUT2D eigenvalue weighted by molar-refractivity contribution is 0.736. The number of hydrogen-bond donors (Lipinski definition) is 1. The lowest BCUT2D eigenvalue weighted by Crippen LogP contribution is -2.12. The molecule has 2 aromatic heterocycles. The number of imidazole rings is 1. The van der Waals surface area contributed by atoms with E-state index in [1.807, 2.05) is 37.5 Å². The van der Waals surface area contributed by atoms with E-state index in [9.17, 15) is 0 Å². The zero-order valence-corrected chi connectivity index (χ0v) is 10.5. The van der Waals surface area contributed by atoms with Gasteiger partial charge in [0.2, 0.25) is 5.95 Å². The van der Waals surface area contributed by atoms with Crippen molar-refractivity contribution >= 4 is 5.95 Å². The van der Waals surface area contributed by atoms with Gasteiger partial charge in [0.15, 0.2) is 0 Å². The van der Waals surface area contributed by atoms with E-state index in [0.717, 1.165) is 23.9 Å². The summed E-state index contributed by atoms with van der Waals surface area (Å²) in [5.41, 5.74) is 2.05. The van der Waals surface area contributed by atoms with E-state index in [4.69, 9.17) is 0 Å². The minimum Gasteiger partial charge on any atom is -0.348 e. The largest absolute Gasteiger partial charge is 0.348 e. The number of hydrogen-bond acceptors (Lipinski definition) is 3. The maximum atomic E-state index is 4.47. The van der Waals surface area contributed by atoms with Crippen LogP contribution in [0.1, 0.15) is 31.3 Å². The van der Waals surface area contributed by atoms with Gasteiger partial charge in [-0.15, -0.1) is 0 Å². The SMILES string of the molecule is CCn1cc(C)nc1NC(C)c1ccccn1. The molecule has 0 amide bonds. The van der Waals surface area contributed by atoms with Gasteiger partial charge in [-0.05, 0) is 32.9 Å². The fourth-order valence-electron chi connectivity index (χ4n) is 1.80. The molecule has 2 heterocycles. The van der Waals surface area contributed by atoms with E-state index in [-0.39, 0.29) is 6.04 Å². The first-order valence-corrected chi connectivity index (χ1v) is 5.92. The van der Waals surface area contributed by atoms with Gasteiger partial charge in [0, 0.05) is 18.9 Å². The third-order valence-electron chi connectivity index (χ3n) is 2.71. The summed E-state index contributed by atoms with van der Waals surface area (Å²) >= 11 is 0. The molecule has 2 aromatic rings. The normalized spacial score (nSPS) is 12.4. The highest BCUT2D eigenvalue weighted by molar-refractivity contribution is 5.32. The molecule has 4 heteroatoms. The van der Waals surface area contributed by atoms with E-state index in [0.29, 0.717) is 0 Å². The van der Waals surface area contributed by atoms with Crippen LogP contribution in [0.2, 0.25) is 0 Å². The van der Waals surface area contributed by atoms with E-state index in [1.165, 1.54) is 0 Å². The van der Waals surface area contributed by atoms with Gasteiger partial charge >= 0.3 is 0 Å². The molecule has 2 rings (SSSR count). The fourth-order valence-corrected chi connectivity index (χ4v) is 1.80. The Morgan fingerprint density at radius 1 is 1.41 bits per heavy atom. The Morgan fingerprint density at radius 2 is 2.24 bits per heavy atom. The summed E-state index contributed by atoms with van der Waals surface area (Å²) in [4.78, 5) is 8.81. The van der Waals surface area contributed by atoms with Crippen molar-refractivity contribution in [2.24, 2.45) is 0 Å². The quantitative estimate of drug-likeness (QED) is 0.878. The molecule has 0 aliphatic heterocycles. The van der Waals surface area contributed by atoms with Crippen molar-refractivity contribution in [2.75, 3.05) is 5.32 Å². The van der Waals surface area contributed by atoms with Crippen molar-refractivity contribution in [3.63, 3.8) is 0 Å².